The first kappa shape index (κ1) is 14.9. The van der Waals surface area contributed by atoms with Gasteiger partial charge in [0, 0.05) is 27.0 Å². The summed E-state index contributed by atoms with van der Waals surface area (Å²) in [6, 6.07) is 16.3. The minimum absolute atomic E-state index is 0.313. The Hall–Kier alpha value is -0.480. The van der Waals surface area contributed by atoms with Crippen LogP contribution >= 0.6 is 39.3 Å². The number of halogens is 2. The van der Waals surface area contributed by atoms with Crippen molar-refractivity contribution in [3.8, 4) is 0 Å². The lowest BCUT2D eigenvalue weighted by atomic mass is 10.1. The van der Waals surface area contributed by atoms with Crippen molar-refractivity contribution < 1.29 is 0 Å². The lowest BCUT2D eigenvalue weighted by Crippen LogP contribution is -2.09. The predicted molar refractivity (Wildman–Crippen MR) is 88.7 cm³/mol. The highest BCUT2D eigenvalue weighted by molar-refractivity contribution is 9.10. The summed E-state index contributed by atoms with van der Waals surface area (Å²) in [4.78, 5) is 0. The Bertz CT molecular complexity index is 530. The molecule has 0 heterocycles. The molecule has 0 radical (unpaired) electrons. The molecule has 1 atom stereocenters. The summed E-state index contributed by atoms with van der Waals surface area (Å²) >= 11 is 11.2. The number of nitrogens with two attached hydrogens (primary N) is 1. The number of hydrogen-bond acceptors (Lipinski definition) is 2. The van der Waals surface area contributed by atoms with Gasteiger partial charge in [0.25, 0.3) is 0 Å². The fourth-order valence-electron chi connectivity index (χ4n) is 1.78. The normalized spacial score (nSPS) is 12.4. The fraction of sp³-hybridized carbons (Fsp3) is 0.200. The van der Waals surface area contributed by atoms with E-state index in [0.717, 1.165) is 15.2 Å². The van der Waals surface area contributed by atoms with E-state index in [1.165, 1.54) is 11.1 Å². The van der Waals surface area contributed by atoms with Gasteiger partial charge in [-0.2, -0.15) is 0 Å². The van der Waals surface area contributed by atoms with E-state index >= 15 is 0 Å². The Morgan fingerprint density at radius 2 is 1.89 bits per heavy atom. The van der Waals surface area contributed by atoms with Crippen molar-refractivity contribution in [2.24, 2.45) is 5.73 Å². The lowest BCUT2D eigenvalue weighted by molar-refractivity contribution is 0.939. The molecule has 0 aromatic heterocycles. The van der Waals surface area contributed by atoms with E-state index in [9.17, 15) is 0 Å². The van der Waals surface area contributed by atoms with Gasteiger partial charge in [-0.3, -0.25) is 0 Å². The summed E-state index contributed by atoms with van der Waals surface area (Å²) in [7, 11) is 0. The standard InChI is InChI=1S/C15H15BrClNS/c16-13-3-1-2-12(8-13)15(9-18)19-10-11-4-6-14(17)7-5-11/h1-8,15H,9-10,18H2. The highest BCUT2D eigenvalue weighted by Gasteiger charge is 2.10. The van der Waals surface area contributed by atoms with Crippen molar-refractivity contribution in [3.63, 3.8) is 0 Å². The Labute approximate surface area is 131 Å². The first-order chi connectivity index (χ1) is 9.19. The molecule has 1 unspecified atom stereocenters. The van der Waals surface area contributed by atoms with Gasteiger partial charge >= 0.3 is 0 Å². The highest BCUT2D eigenvalue weighted by atomic mass is 79.9. The minimum Gasteiger partial charge on any atom is -0.329 e. The van der Waals surface area contributed by atoms with E-state index in [1.807, 2.05) is 36.0 Å². The van der Waals surface area contributed by atoms with Gasteiger partial charge in [0.05, 0.1) is 0 Å². The molecule has 2 rings (SSSR count). The maximum atomic E-state index is 5.89. The van der Waals surface area contributed by atoms with Gasteiger partial charge in [0.15, 0.2) is 0 Å². The van der Waals surface area contributed by atoms with Gasteiger partial charge in [-0.15, -0.1) is 11.8 Å². The third-order valence-electron chi connectivity index (χ3n) is 2.80. The van der Waals surface area contributed by atoms with Crippen LogP contribution < -0.4 is 5.73 Å². The van der Waals surface area contributed by atoms with Gasteiger partial charge in [-0.1, -0.05) is 51.8 Å². The smallest absolute Gasteiger partial charge is 0.0423 e. The topological polar surface area (TPSA) is 26.0 Å². The van der Waals surface area contributed by atoms with E-state index in [-0.39, 0.29) is 0 Å². The summed E-state index contributed by atoms with van der Waals surface area (Å²) in [6.07, 6.45) is 0. The highest BCUT2D eigenvalue weighted by Crippen LogP contribution is 2.32. The summed E-state index contributed by atoms with van der Waals surface area (Å²) < 4.78 is 1.09. The molecule has 0 aliphatic heterocycles. The number of rotatable bonds is 5. The van der Waals surface area contributed by atoms with Crippen LogP contribution in [-0.4, -0.2) is 6.54 Å². The molecule has 2 N–H and O–H groups in total. The largest absolute Gasteiger partial charge is 0.329 e. The molecular formula is C15H15BrClNS. The van der Waals surface area contributed by atoms with Gasteiger partial charge in [0.2, 0.25) is 0 Å². The third-order valence-corrected chi connectivity index (χ3v) is 4.91. The van der Waals surface area contributed by atoms with Crippen molar-refractivity contribution in [2.75, 3.05) is 6.54 Å². The third kappa shape index (κ3) is 4.53. The van der Waals surface area contributed by atoms with Crippen LogP contribution in [0.2, 0.25) is 5.02 Å². The second-order valence-corrected chi connectivity index (χ2v) is 6.76. The van der Waals surface area contributed by atoms with Crippen LogP contribution in [0.15, 0.2) is 53.0 Å². The van der Waals surface area contributed by atoms with Crippen LogP contribution in [0.1, 0.15) is 16.4 Å². The number of benzene rings is 2. The molecule has 0 fully saturated rings. The molecule has 4 heteroatoms. The van der Waals surface area contributed by atoms with Crippen LogP contribution in [0.5, 0.6) is 0 Å². The van der Waals surface area contributed by atoms with Crippen molar-refractivity contribution >= 4 is 39.3 Å². The summed E-state index contributed by atoms with van der Waals surface area (Å²) in [5.41, 5.74) is 8.41. The van der Waals surface area contributed by atoms with Crippen molar-refractivity contribution in [1.29, 1.82) is 0 Å². The van der Waals surface area contributed by atoms with E-state index in [4.69, 9.17) is 17.3 Å². The van der Waals surface area contributed by atoms with Crippen LogP contribution in [0.3, 0.4) is 0 Å². The van der Waals surface area contributed by atoms with Gasteiger partial charge < -0.3 is 5.73 Å². The second kappa shape index (κ2) is 7.34. The number of hydrogen-bond donors (Lipinski definition) is 1. The minimum atomic E-state index is 0.313. The zero-order valence-electron chi connectivity index (χ0n) is 10.4. The Kier molecular flexibility index (Phi) is 5.76. The van der Waals surface area contributed by atoms with Gasteiger partial charge in [-0.05, 0) is 35.4 Å². The monoisotopic (exact) mass is 355 g/mol. The maximum Gasteiger partial charge on any atom is 0.0423 e. The van der Waals surface area contributed by atoms with Crippen LogP contribution in [0, 0.1) is 0 Å². The second-order valence-electron chi connectivity index (χ2n) is 4.22. The molecule has 0 aliphatic rings. The molecule has 0 amide bonds. The Morgan fingerprint density at radius 3 is 2.53 bits per heavy atom. The molecule has 1 nitrogen and oxygen atoms in total. The van der Waals surface area contributed by atoms with Crippen LogP contribution in [0.4, 0.5) is 0 Å². The number of thioether (sulfide) groups is 1. The molecule has 19 heavy (non-hydrogen) atoms. The lowest BCUT2D eigenvalue weighted by Gasteiger charge is -2.15. The molecule has 0 spiro atoms. The summed E-state index contributed by atoms with van der Waals surface area (Å²) in [5.74, 6) is 0.936. The van der Waals surface area contributed by atoms with Crippen molar-refractivity contribution in [1.82, 2.24) is 0 Å². The van der Waals surface area contributed by atoms with Crippen molar-refractivity contribution in [3.05, 3.63) is 69.2 Å². The molecular weight excluding hydrogens is 342 g/mol. The Balaban J connectivity index is 2.01. The maximum absolute atomic E-state index is 5.89. The first-order valence-corrected chi connectivity index (χ1v) is 8.22. The van der Waals surface area contributed by atoms with Crippen LogP contribution in [0.25, 0.3) is 0 Å². The first-order valence-electron chi connectivity index (χ1n) is 6.00. The summed E-state index contributed by atoms with van der Waals surface area (Å²) in [5, 5.41) is 1.09. The molecule has 0 aliphatic carbocycles. The molecule has 2 aromatic carbocycles. The van der Waals surface area contributed by atoms with Crippen molar-refractivity contribution in [2.45, 2.75) is 11.0 Å². The quantitative estimate of drug-likeness (QED) is 0.812. The molecule has 0 bridgehead atoms. The van der Waals surface area contributed by atoms with Gasteiger partial charge in [-0.25, -0.2) is 0 Å². The van der Waals surface area contributed by atoms with Crippen LogP contribution in [-0.2, 0) is 5.75 Å². The zero-order valence-corrected chi connectivity index (χ0v) is 13.5. The average molecular weight is 357 g/mol. The summed E-state index contributed by atoms with van der Waals surface area (Å²) in [6.45, 7) is 0.634. The molecule has 0 saturated heterocycles. The Morgan fingerprint density at radius 1 is 1.16 bits per heavy atom. The fourth-order valence-corrected chi connectivity index (χ4v) is 3.39. The van der Waals surface area contributed by atoms with E-state index in [2.05, 4.69) is 40.2 Å². The molecule has 100 valence electrons. The van der Waals surface area contributed by atoms with E-state index < -0.39 is 0 Å². The van der Waals surface area contributed by atoms with E-state index in [1.54, 1.807) is 0 Å². The van der Waals surface area contributed by atoms with Gasteiger partial charge in [0.1, 0.15) is 0 Å². The SMILES string of the molecule is NCC(SCc1ccc(Cl)cc1)c1cccc(Br)c1. The molecule has 0 saturated carbocycles. The average Bonchev–Trinajstić information content (AvgIpc) is 2.42. The zero-order chi connectivity index (χ0) is 13.7. The predicted octanol–water partition coefficient (Wildman–Crippen LogP) is 5.04. The molecule has 2 aromatic rings. The van der Waals surface area contributed by atoms with E-state index in [0.29, 0.717) is 11.8 Å².